The summed E-state index contributed by atoms with van der Waals surface area (Å²) in [7, 11) is 0. The smallest absolute Gasteiger partial charge is 0.0294 e. The fourth-order valence-corrected chi connectivity index (χ4v) is 9.05. The lowest BCUT2D eigenvalue weighted by Gasteiger charge is -2.55. The summed E-state index contributed by atoms with van der Waals surface area (Å²) < 4.78 is 0. The Bertz CT molecular complexity index is 698. The standard InChI is InChI=1S/C31H51N/c1-6-8-13-25-16-17-28-27(26(25)12-7-2)20-21-31(5)29(18-19-30(28)31)23(4)32-22(3)24-14-10-9-11-15-24/h9-11,14-15,22-23,25-30,32H,6-8,12-13,16-21H2,1-5H3/t22-,23-,25+,26+,27-,28-,29-,30+,31-/m1/s1. The van der Waals surface area contributed by atoms with Crippen molar-refractivity contribution >= 4 is 0 Å². The summed E-state index contributed by atoms with van der Waals surface area (Å²) in [6, 6.07) is 12.1. The molecule has 1 N–H and O–H groups in total. The van der Waals surface area contributed by atoms with Crippen molar-refractivity contribution in [2.75, 3.05) is 0 Å². The molecule has 1 aromatic carbocycles. The minimum atomic E-state index is 0.438. The third-order valence-corrected chi connectivity index (χ3v) is 10.6. The fraction of sp³-hybridized carbons (Fsp3) is 0.806. The van der Waals surface area contributed by atoms with Gasteiger partial charge in [0.05, 0.1) is 0 Å². The first-order valence-electron chi connectivity index (χ1n) is 14.3. The van der Waals surface area contributed by atoms with Crippen molar-refractivity contribution < 1.29 is 0 Å². The first-order valence-corrected chi connectivity index (χ1v) is 14.3. The van der Waals surface area contributed by atoms with Crippen LogP contribution in [0.5, 0.6) is 0 Å². The van der Waals surface area contributed by atoms with Crippen molar-refractivity contribution in [2.24, 2.45) is 40.9 Å². The highest BCUT2D eigenvalue weighted by atomic mass is 15.0. The van der Waals surface area contributed by atoms with Crippen LogP contribution < -0.4 is 5.32 Å². The third kappa shape index (κ3) is 4.70. The van der Waals surface area contributed by atoms with Gasteiger partial charge in [-0.15, -0.1) is 0 Å². The van der Waals surface area contributed by atoms with Gasteiger partial charge in [-0.1, -0.05) is 83.2 Å². The summed E-state index contributed by atoms with van der Waals surface area (Å²) in [6.45, 7) is 12.4. The van der Waals surface area contributed by atoms with E-state index in [-0.39, 0.29) is 0 Å². The van der Waals surface area contributed by atoms with Crippen molar-refractivity contribution in [3.63, 3.8) is 0 Å². The molecular weight excluding hydrogens is 386 g/mol. The zero-order valence-electron chi connectivity index (χ0n) is 21.8. The minimum absolute atomic E-state index is 0.438. The topological polar surface area (TPSA) is 12.0 Å². The van der Waals surface area contributed by atoms with Crippen LogP contribution >= 0.6 is 0 Å². The molecule has 4 rings (SSSR count). The highest BCUT2D eigenvalue weighted by molar-refractivity contribution is 5.18. The number of fused-ring (bicyclic) bond motifs is 3. The van der Waals surface area contributed by atoms with Crippen molar-refractivity contribution in [3.05, 3.63) is 35.9 Å². The van der Waals surface area contributed by atoms with Gasteiger partial charge in [0.25, 0.3) is 0 Å². The maximum Gasteiger partial charge on any atom is 0.0294 e. The van der Waals surface area contributed by atoms with Gasteiger partial charge in [0.2, 0.25) is 0 Å². The molecule has 1 nitrogen and oxygen atoms in total. The van der Waals surface area contributed by atoms with E-state index < -0.39 is 0 Å². The Morgan fingerprint density at radius 2 is 1.69 bits per heavy atom. The van der Waals surface area contributed by atoms with E-state index in [1.165, 1.54) is 76.2 Å². The molecule has 1 aromatic rings. The van der Waals surface area contributed by atoms with E-state index in [2.05, 4.69) is 70.3 Å². The van der Waals surface area contributed by atoms with E-state index in [0.29, 0.717) is 17.5 Å². The molecule has 0 unspecified atom stereocenters. The number of unbranched alkanes of at least 4 members (excludes halogenated alkanes) is 1. The zero-order valence-corrected chi connectivity index (χ0v) is 21.8. The van der Waals surface area contributed by atoms with Gasteiger partial charge in [0, 0.05) is 12.1 Å². The predicted molar refractivity (Wildman–Crippen MR) is 139 cm³/mol. The van der Waals surface area contributed by atoms with E-state index in [1.54, 1.807) is 0 Å². The Balaban J connectivity index is 1.45. The van der Waals surface area contributed by atoms with Crippen LogP contribution in [0.4, 0.5) is 0 Å². The molecule has 32 heavy (non-hydrogen) atoms. The van der Waals surface area contributed by atoms with Gasteiger partial charge >= 0.3 is 0 Å². The van der Waals surface area contributed by atoms with Crippen LogP contribution in [-0.2, 0) is 0 Å². The maximum absolute atomic E-state index is 4.03. The van der Waals surface area contributed by atoms with Crippen molar-refractivity contribution in [1.82, 2.24) is 5.32 Å². The molecule has 1 heteroatoms. The van der Waals surface area contributed by atoms with Crippen LogP contribution in [0.1, 0.15) is 117 Å². The number of rotatable bonds is 9. The molecule has 3 fully saturated rings. The predicted octanol–water partition coefficient (Wildman–Crippen LogP) is 8.80. The summed E-state index contributed by atoms with van der Waals surface area (Å²) in [5, 5.41) is 4.03. The molecule has 0 spiro atoms. The van der Waals surface area contributed by atoms with Gasteiger partial charge in [0.1, 0.15) is 0 Å². The average molecular weight is 438 g/mol. The second kappa shape index (κ2) is 10.6. The van der Waals surface area contributed by atoms with Gasteiger partial charge < -0.3 is 5.32 Å². The molecule has 180 valence electrons. The van der Waals surface area contributed by atoms with E-state index >= 15 is 0 Å². The number of benzene rings is 1. The van der Waals surface area contributed by atoms with Gasteiger partial charge in [-0.25, -0.2) is 0 Å². The van der Waals surface area contributed by atoms with E-state index in [0.717, 1.165) is 35.5 Å². The quantitative estimate of drug-likeness (QED) is 0.407. The van der Waals surface area contributed by atoms with Crippen LogP contribution in [0.25, 0.3) is 0 Å². The molecule has 3 aliphatic rings. The highest BCUT2D eigenvalue weighted by Gasteiger charge is 2.57. The van der Waals surface area contributed by atoms with Gasteiger partial charge in [0.15, 0.2) is 0 Å². The molecule has 0 aromatic heterocycles. The summed E-state index contributed by atoms with van der Waals surface area (Å²) in [5.74, 6) is 5.93. The second-order valence-electron chi connectivity index (χ2n) is 12.2. The molecule has 0 aliphatic heterocycles. The molecule has 0 bridgehead atoms. The Morgan fingerprint density at radius 1 is 0.906 bits per heavy atom. The monoisotopic (exact) mass is 437 g/mol. The van der Waals surface area contributed by atoms with Crippen molar-refractivity contribution in [3.8, 4) is 0 Å². The lowest BCUT2D eigenvalue weighted by molar-refractivity contribution is -0.0598. The molecule has 0 amide bonds. The fourth-order valence-electron chi connectivity index (χ4n) is 9.05. The maximum atomic E-state index is 4.03. The summed E-state index contributed by atoms with van der Waals surface area (Å²) in [6.07, 6.45) is 16.2. The third-order valence-electron chi connectivity index (χ3n) is 10.6. The normalized spacial score (nSPS) is 38.7. The second-order valence-corrected chi connectivity index (χ2v) is 12.2. The van der Waals surface area contributed by atoms with E-state index in [4.69, 9.17) is 0 Å². The van der Waals surface area contributed by atoms with Crippen LogP contribution in [-0.4, -0.2) is 6.04 Å². The molecule has 0 radical (unpaired) electrons. The number of hydrogen-bond acceptors (Lipinski definition) is 1. The molecule has 9 atom stereocenters. The lowest BCUT2D eigenvalue weighted by atomic mass is 9.50. The van der Waals surface area contributed by atoms with Gasteiger partial charge in [-0.3, -0.25) is 0 Å². The Kier molecular flexibility index (Phi) is 8.07. The van der Waals surface area contributed by atoms with Gasteiger partial charge in [-0.2, -0.15) is 0 Å². The van der Waals surface area contributed by atoms with Gasteiger partial charge in [-0.05, 0) is 98.9 Å². The first kappa shape index (κ1) is 24.3. The molecular formula is C31H51N. The summed E-state index contributed by atoms with van der Waals surface area (Å²) >= 11 is 0. The molecule has 0 heterocycles. The highest BCUT2D eigenvalue weighted by Crippen LogP contribution is 2.64. The Hall–Kier alpha value is -0.820. The van der Waals surface area contributed by atoms with E-state index in [1.807, 2.05) is 0 Å². The van der Waals surface area contributed by atoms with Crippen LogP contribution in [0.3, 0.4) is 0 Å². The van der Waals surface area contributed by atoms with Crippen LogP contribution in [0.2, 0.25) is 0 Å². The number of hydrogen-bond donors (Lipinski definition) is 1. The summed E-state index contributed by atoms with van der Waals surface area (Å²) in [5.41, 5.74) is 1.98. The lowest BCUT2D eigenvalue weighted by Crippen LogP contribution is -2.50. The average Bonchev–Trinajstić information content (AvgIpc) is 3.16. The zero-order chi connectivity index (χ0) is 22.7. The number of nitrogens with one attached hydrogen (secondary N) is 1. The first-order chi connectivity index (χ1) is 15.5. The minimum Gasteiger partial charge on any atom is -0.307 e. The van der Waals surface area contributed by atoms with Crippen LogP contribution in [0.15, 0.2) is 30.3 Å². The molecule has 0 saturated heterocycles. The largest absolute Gasteiger partial charge is 0.307 e. The Morgan fingerprint density at radius 3 is 2.41 bits per heavy atom. The Labute approximate surface area is 199 Å². The van der Waals surface area contributed by atoms with Crippen molar-refractivity contribution in [1.29, 1.82) is 0 Å². The molecule has 3 saturated carbocycles. The summed E-state index contributed by atoms with van der Waals surface area (Å²) in [4.78, 5) is 0. The van der Waals surface area contributed by atoms with Crippen LogP contribution in [0, 0.1) is 40.9 Å². The van der Waals surface area contributed by atoms with E-state index in [9.17, 15) is 0 Å². The molecule has 3 aliphatic carbocycles. The SMILES string of the molecule is CCCC[C@H]1CC[C@@H]2[C@H](CC[C@]3(C)[C@@H]([C@@H](C)N[C@H](C)c4ccccc4)CC[C@@H]23)[C@H]1CCC. The van der Waals surface area contributed by atoms with Crippen molar-refractivity contribution in [2.45, 2.75) is 117 Å².